The molecule has 134 valence electrons. The van der Waals surface area contributed by atoms with E-state index in [1.807, 2.05) is 32.0 Å². The summed E-state index contributed by atoms with van der Waals surface area (Å²) in [6, 6.07) is 8.99. The minimum atomic E-state index is -0.859. The highest BCUT2D eigenvalue weighted by Crippen LogP contribution is 2.21. The molecule has 6 nitrogen and oxygen atoms in total. The standard InChI is InChI=1S/C20H21N3O3/c1-5-16-22-17-12(2)10-13(3)21-19(17)23(16)11-14-6-8-15(9-7-14)18(24)20(25)26-4/h6-10H,5,11H2,1-4H3. The Labute approximate surface area is 151 Å². The highest BCUT2D eigenvalue weighted by molar-refractivity contribution is 6.40. The van der Waals surface area contributed by atoms with Gasteiger partial charge >= 0.3 is 5.97 Å². The van der Waals surface area contributed by atoms with Gasteiger partial charge in [0.05, 0.1) is 13.7 Å². The maximum absolute atomic E-state index is 11.9. The van der Waals surface area contributed by atoms with E-state index in [1.165, 1.54) is 7.11 Å². The van der Waals surface area contributed by atoms with Crippen LogP contribution in [0.25, 0.3) is 11.2 Å². The van der Waals surface area contributed by atoms with Crippen LogP contribution in [0.2, 0.25) is 0 Å². The Bertz CT molecular complexity index is 988. The van der Waals surface area contributed by atoms with Gasteiger partial charge in [-0.3, -0.25) is 4.79 Å². The molecule has 0 N–H and O–H groups in total. The molecular weight excluding hydrogens is 330 g/mol. The summed E-state index contributed by atoms with van der Waals surface area (Å²) in [5.41, 5.74) is 5.18. The van der Waals surface area contributed by atoms with Crippen LogP contribution in [0.1, 0.15) is 39.9 Å². The van der Waals surface area contributed by atoms with E-state index in [2.05, 4.69) is 21.2 Å². The smallest absolute Gasteiger partial charge is 0.379 e. The van der Waals surface area contributed by atoms with Gasteiger partial charge in [0.1, 0.15) is 11.3 Å². The molecule has 3 rings (SSSR count). The number of pyridine rings is 1. The molecule has 0 amide bonds. The molecule has 0 aliphatic heterocycles. The van der Waals surface area contributed by atoms with Crippen LogP contribution in [0.3, 0.4) is 0 Å². The molecule has 0 spiro atoms. The monoisotopic (exact) mass is 351 g/mol. The number of hydrogen-bond donors (Lipinski definition) is 0. The third-order valence-electron chi connectivity index (χ3n) is 4.34. The Morgan fingerprint density at radius 2 is 1.81 bits per heavy atom. The van der Waals surface area contributed by atoms with Gasteiger partial charge in [0, 0.05) is 17.7 Å². The third kappa shape index (κ3) is 3.22. The van der Waals surface area contributed by atoms with Crippen LogP contribution < -0.4 is 0 Å². The van der Waals surface area contributed by atoms with E-state index in [0.717, 1.165) is 40.2 Å². The SMILES string of the molecule is CCc1nc2c(C)cc(C)nc2n1Cc1ccc(C(=O)C(=O)OC)cc1. The number of benzene rings is 1. The van der Waals surface area contributed by atoms with E-state index < -0.39 is 11.8 Å². The van der Waals surface area contributed by atoms with E-state index in [-0.39, 0.29) is 0 Å². The minimum Gasteiger partial charge on any atom is -0.463 e. The molecule has 0 unspecified atom stereocenters. The van der Waals surface area contributed by atoms with Gasteiger partial charge in [0.25, 0.3) is 5.78 Å². The molecule has 0 saturated carbocycles. The van der Waals surface area contributed by atoms with E-state index in [9.17, 15) is 9.59 Å². The molecule has 0 bridgehead atoms. The first kappa shape index (κ1) is 17.8. The van der Waals surface area contributed by atoms with Crippen molar-refractivity contribution >= 4 is 22.9 Å². The summed E-state index contributed by atoms with van der Waals surface area (Å²) in [5.74, 6) is -0.535. The van der Waals surface area contributed by atoms with Crippen LogP contribution in [-0.4, -0.2) is 33.4 Å². The lowest BCUT2D eigenvalue weighted by Crippen LogP contribution is -2.15. The Morgan fingerprint density at radius 1 is 1.12 bits per heavy atom. The van der Waals surface area contributed by atoms with Crippen LogP contribution in [0.15, 0.2) is 30.3 Å². The number of carbonyl (C=O) groups is 2. The van der Waals surface area contributed by atoms with Crippen LogP contribution in [0.5, 0.6) is 0 Å². The number of imidazole rings is 1. The zero-order valence-corrected chi connectivity index (χ0v) is 15.4. The van der Waals surface area contributed by atoms with Gasteiger partial charge in [0.15, 0.2) is 5.65 Å². The number of rotatable bonds is 5. The molecule has 0 aliphatic carbocycles. The number of fused-ring (bicyclic) bond motifs is 1. The van der Waals surface area contributed by atoms with E-state index >= 15 is 0 Å². The summed E-state index contributed by atoms with van der Waals surface area (Å²) in [6.45, 7) is 6.68. The second kappa shape index (κ2) is 7.07. The normalized spacial score (nSPS) is 10.9. The first-order chi connectivity index (χ1) is 12.4. The molecule has 0 saturated heterocycles. The van der Waals surface area contributed by atoms with Crippen molar-refractivity contribution in [2.75, 3.05) is 7.11 Å². The summed E-state index contributed by atoms with van der Waals surface area (Å²) in [7, 11) is 1.20. The lowest BCUT2D eigenvalue weighted by Gasteiger charge is -2.09. The number of Topliss-reactive ketones (excluding diaryl/α,β-unsaturated/α-hetero) is 1. The lowest BCUT2D eigenvalue weighted by molar-refractivity contribution is -0.135. The average Bonchev–Trinajstić information content (AvgIpc) is 2.99. The molecule has 26 heavy (non-hydrogen) atoms. The largest absolute Gasteiger partial charge is 0.463 e. The predicted octanol–water partition coefficient (Wildman–Crippen LogP) is 3.01. The predicted molar refractivity (Wildman–Crippen MR) is 98.3 cm³/mol. The van der Waals surface area contributed by atoms with Crippen molar-refractivity contribution in [1.29, 1.82) is 0 Å². The number of esters is 1. The molecule has 0 atom stereocenters. The molecular formula is C20H21N3O3. The fourth-order valence-electron chi connectivity index (χ4n) is 3.04. The topological polar surface area (TPSA) is 74.1 Å². The molecule has 0 fully saturated rings. The number of aromatic nitrogens is 3. The fraction of sp³-hybridized carbons (Fsp3) is 0.300. The highest BCUT2D eigenvalue weighted by atomic mass is 16.5. The second-order valence-corrected chi connectivity index (χ2v) is 6.24. The maximum atomic E-state index is 11.9. The Kier molecular flexibility index (Phi) is 4.84. The molecule has 1 aromatic carbocycles. The molecule has 0 aliphatic rings. The fourth-order valence-corrected chi connectivity index (χ4v) is 3.04. The summed E-state index contributed by atoms with van der Waals surface area (Å²) in [5, 5.41) is 0. The number of methoxy groups -OCH3 is 1. The zero-order valence-electron chi connectivity index (χ0n) is 15.4. The van der Waals surface area contributed by atoms with Crippen molar-refractivity contribution in [1.82, 2.24) is 14.5 Å². The van der Waals surface area contributed by atoms with E-state index in [4.69, 9.17) is 4.98 Å². The van der Waals surface area contributed by atoms with Gasteiger partial charge in [-0.15, -0.1) is 0 Å². The Morgan fingerprint density at radius 3 is 2.42 bits per heavy atom. The lowest BCUT2D eigenvalue weighted by atomic mass is 10.1. The number of carbonyl (C=O) groups excluding carboxylic acids is 2. The van der Waals surface area contributed by atoms with Gasteiger partial charge in [-0.05, 0) is 31.0 Å². The van der Waals surface area contributed by atoms with Gasteiger partial charge in [-0.2, -0.15) is 0 Å². The number of ether oxygens (including phenoxy) is 1. The van der Waals surface area contributed by atoms with Crippen LogP contribution >= 0.6 is 0 Å². The summed E-state index contributed by atoms with van der Waals surface area (Å²) >= 11 is 0. The van der Waals surface area contributed by atoms with Gasteiger partial charge < -0.3 is 9.30 Å². The van der Waals surface area contributed by atoms with E-state index in [0.29, 0.717) is 12.1 Å². The Hall–Kier alpha value is -3.02. The number of ketones is 1. The van der Waals surface area contributed by atoms with Crippen LogP contribution in [0.4, 0.5) is 0 Å². The van der Waals surface area contributed by atoms with Crippen molar-refractivity contribution in [3.05, 3.63) is 58.5 Å². The van der Waals surface area contributed by atoms with Crippen molar-refractivity contribution in [2.45, 2.75) is 33.7 Å². The zero-order chi connectivity index (χ0) is 18.8. The summed E-state index contributed by atoms with van der Waals surface area (Å²) in [6.07, 6.45) is 0.799. The number of nitrogens with zero attached hydrogens (tertiary/aromatic N) is 3. The third-order valence-corrected chi connectivity index (χ3v) is 4.34. The summed E-state index contributed by atoms with van der Waals surface area (Å²) < 4.78 is 6.58. The van der Waals surface area contributed by atoms with Gasteiger partial charge in [0.2, 0.25) is 0 Å². The first-order valence-corrected chi connectivity index (χ1v) is 8.49. The quantitative estimate of drug-likeness (QED) is 0.401. The summed E-state index contributed by atoms with van der Waals surface area (Å²) in [4.78, 5) is 32.6. The van der Waals surface area contributed by atoms with Crippen molar-refractivity contribution in [3.63, 3.8) is 0 Å². The molecule has 0 radical (unpaired) electrons. The van der Waals surface area contributed by atoms with Crippen molar-refractivity contribution in [3.8, 4) is 0 Å². The van der Waals surface area contributed by atoms with E-state index in [1.54, 1.807) is 12.1 Å². The van der Waals surface area contributed by atoms with Crippen LogP contribution in [0, 0.1) is 13.8 Å². The van der Waals surface area contributed by atoms with Crippen molar-refractivity contribution in [2.24, 2.45) is 0 Å². The van der Waals surface area contributed by atoms with Crippen molar-refractivity contribution < 1.29 is 14.3 Å². The molecule has 6 heteroatoms. The molecule has 3 aromatic rings. The Balaban J connectivity index is 1.96. The molecule has 2 aromatic heterocycles. The number of aryl methyl sites for hydroxylation is 3. The number of hydrogen-bond acceptors (Lipinski definition) is 5. The molecule has 2 heterocycles. The second-order valence-electron chi connectivity index (χ2n) is 6.24. The maximum Gasteiger partial charge on any atom is 0.379 e. The van der Waals surface area contributed by atoms with Gasteiger partial charge in [-0.25, -0.2) is 14.8 Å². The highest BCUT2D eigenvalue weighted by Gasteiger charge is 2.17. The first-order valence-electron chi connectivity index (χ1n) is 8.49. The minimum absolute atomic E-state index is 0.316. The van der Waals surface area contributed by atoms with Crippen LogP contribution in [-0.2, 0) is 22.5 Å². The van der Waals surface area contributed by atoms with Gasteiger partial charge in [-0.1, -0.05) is 31.2 Å². The average molecular weight is 351 g/mol.